The van der Waals surface area contributed by atoms with Crippen LogP contribution in [0, 0.1) is 13.8 Å². The molecule has 0 saturated heterocycles. The van der Waals surface area contributed by atoms with Crippen LogP contribution in [0.4, 0.5) is 0 Å². The fourth-order valence-corrected chi connectivity index (χ4v) is 0. The average Bonchev–Trinajstić information content (AvgIpc) is 1.88. The van der Waals surface area contributed by atoms with Gasteiger partial charge in [-0.2, -0.15) is 12.8 Å². The molecular formula is C10H26Y-2. The average molecular weight is 235 g/mol. The minimum Gasteiger partial charge on any atom is -0.343 e. The van der Waals surface area contributed by atoms with E-state index < -0.39 is 0 Å². The summed E-state index contributed by atoms with van der Waals surface area (Å²) in [6.07, 6.45) is 4.56. The van der Waals surface area contributed by atoms with Gasteiger partial charge in [-0.3, -0.25) is 0 Å². The molecule has 0 nitrogen and oxygen atoms in total. The second-order valence-electron chi connectivity index (χ2n) is 1.71. The van der Waals surface area contributed by atoms with Crippen LogP contribution in [0.3, 0.4) is 0 Å². The molecule has 0 amide bonds. The van der Waals surface area contributed by atoms with Gasteiger partial charge < -0.3 is 13.8 Å². The zero-order chi connectivity index (χ0) is 6.83. The third kappa shape index (κ3) is 95.5. The molecule has 0 rings (SSSR count). The first-order valence-electron chi connectivity index (χ1n) is 3.41. The van der Waals surface area contributed by atoms with Gasteiger partial charge in [-0.1, -0.05) is 41.5 Å². The van der Waals surface area contributed by atoms with Gasteiger partial charge in [0.25, 0.3) is 0 Å². The van der Waals surface area contributed by atoms with Crippen LogP contribution in [0.25, 0.3) is 0 Å². The smallest absolute Gasteiger partial charge is 0 e. The summed E-state index contributed by atoms with van der Waals surface area (Å²) in [4.78, 5) is 0. The molecule has 0 spiro atoms. The van der Waals surface area contributed by atoms with Gasteiger partial charge >= 0.3 is 0 Å². The normalized spacial score (nSPS) is 5.45. The number of unbranched alkanes of at least 4 members (excludes halogenated alkanes) is 2. The van der Waals surface area contributed by atoms with Crippen LogP contribution >= 0.6 is 0 Å². The van der Waals surface area contributed by atoms with Crippen molar-refractivity contribution in [2.75, 3.05) is 0 Å². The molecule has 0 atom stereocenters. The summed E-state index contributed by atoms with van der Waals surface area (Å²) >= 11 is 0. The third-order valence-corrected chi connectivity index (χ3v) is 0.707. The maximum atomic E-state index is 3.60. The van der Waals surface area contributed by atoms with E-state index in [0.717, 1.165) is 12.8 Å². The van der Waals surface area contributed by atoms with Crippen molar-refractivity contribution in [1.82, 2.24) is 0 Å². The molecule has 0 bridgehead atoms. The van der Waals surface area contributed by atoms with Crippen molar-refractivity contribution in [2.24, 2.45) is 0 Å². The summed E-state index contributed by atoms with van der Waals surface area (Å²) in [7, 11) is 0. The van der Waals surface area contributed by atoms with Gasteiger partial charge in [0.15, 0.2) is 0 Å². The second kappa shape index (κ2) is 43.5. The molecule has 0 aromatic carbocycles. The van der Waals surface area contributed by atoms with Crippen LogP contribution in [0.1, 0.15) is 54.4 Å². The molecule has 0 unspecified atom stereocenters. The Hall–Kier alpha value is 1.10. The summed E-state index contributed by atoms with van der Waals surface area (Å²) in [6, 6.07) is 0. The van der Waals surface area contributed by atoms with Gasteiger partial charge in [0.05, 0.1) is 0 Å². The van der Waals surface area contributed by atoms with E-state index >= 15 is 0 Å². The fraction of sp³-hybridized carbons (Fsp3) is 0.800. The third-order valence-electron chi connectivity index (χ3n) is 0.707. The van der Waals surface area contributed by atoms with Gasteiger partial charge in [-0.25, -0.2) is 0 Å². The fourth-order valence-electron chi connectivity index (χ4n) is 0. The Labute approximate surface area is 100 Å². The summed E-state index contributed by atoms with van der Waals surface area (Å²) < 4.78 is 0. The largest absolute Gasteiger partial charge is 0.343 e. The molecule has 0 heterocycles. The Balaban J connectivity index is -0.0000000171. The Kier molecular flexibility index (Phi) is 117. The van der Waals surface area contributed by atoms with Crippen LogP contribution in [0.15, 0.2) is 0 Å². The van der Waals surface area contributed by atoms with Gasteiger partial charge in [-0.15, -0.1) is 0 Å². The van der Waals surface area contributed by atoms with Crippen molar-refractivity contribution >= 4 is 0 Å². The Morgan fingerprint density at radius 2 is 0.909 bits per heavy atom. The van der Waals surface area contributed by atoms with Gasteiger partial charge in [0.2, 0.25) is 0 Å². The Morgan fingerprint density at radius 1 is 0.818 bits per heavy atom. The van der Waals surface area contributed by atoms with E-state index in [-0.39, 0.29) is 47.6 Å². The quantitative estimate of drug-likeness (QED) is 0.618. The molecule has 0 aliphatic rings. The monoisotopic (exact) mass is 235 g/mol. The molecule has 1 heteroatoms. The topological polar surface area (TPSA) is 0 Å². The summed E-state index contributed by atoms with van der Waals surface area (Å²) in [5.74, 6) is 0. The maximum absolute atomic E-state index is 3.60. The predicted molar refractivity (Wildman–Crippen MR) is 54.0 cm³/mol. The van der Waals surface area contributed by atoms with Gasteiger partial charge in [0, 0.05) is 32.7 Å². The van der Waals surface area contributed by atoms with Crippen LogP contribution in [-0.2, 0) is 32.7 Å². The van der Waals surface area contributed by atoms with Crippen molar-refractivity contribution in [3.05, 3.63) is 13.8 Å². The van der Waals surface area contributed by atoms with Crippen LogP contribution in [0.2, 0.25) is 0 Å². The molecule has 0 aromatic rings. The number of hydrogen-bond acceptors (Lipinski definition) is 0. The van der Waals surface area contributed by atoms with Crippen molar-refractivity contribution in [1.29, 1.82) is 0 Å². The van der Waals surface area contributed by atoms with Crippen molar-refractivity contribution in [3.63, 3.8) is 0 Å². The van der Waals surface area contributed by atoms with Gasteiger partial charge in [0.1, 0.15) is 0 Å². The second-order valence-corrected chi connectivity index (χ2v) is 1.71. The van der Waals surface area contributed by atoms with Gasteiger partial charge in [-0.05, 0) is 0 Å². The molecule has 0 N–H and O–H groups in total. The van der Waals surface area contributed by atoms with Crippen LogP contribution < -0.4 is 0 Å². The van der Waals surface area contributed by atoms with Crippen molar-refractivity contribution in [3.8, 4) is 0 Å². The first-order chi connectivity index (χ1) is 3.83. The molecule has 1 radical (unpaired) electrons. The van der Waals surface area contributed by atoms with E-state index in [4.69, 9.17) is 0 Å². The summed E-state index contributed by atoms with van der Waals surface area (Å²) in [6.45, 7) is 11.4. The molecule has 0 fully saturated rings. The zero-order valence-corrected chi connectivity index (χ0v) is 9.66. The van der Waals surface area contributed by atoms with Crippen molar-refractivity contribution < 1.29 is 32.7 Å². The first-order valence-corrected chi connectivity index (χ1v) is 3.41. The van der Waals surface area contributed by atoms with E-state index in [2.05, 4.69) is 27.7 Å². The Bertz CT molecular complexity index is 12.8. The number of hydrogen-bond donors (Lipinski definition) is 0. The minimum absolute atomic E-state index is 0. The zero-order valence-electron chi connectivity index (χ0n) is 6.82. The molecular weight excluding hydrogens is 209 g/mol. The molecule has 71 valence electrons. The Morgan fingerprint density at radius 3 is 0.909 bits per heavy atom. The van der Waals surface area contributed by atoms with E-state index in [1.807, 2.05) is 0 Å². The summed E-state index contributed by atoms with van der Waals surface area (Å²) in [5.41, 5.74) is 0. The van der Waals surface area contributed by atoms with Crippen molar-refractivity contribution in [2.45, 2.75) is 54.4 Å². The molecule has 0 saturated carbocycles. The van der Waals surface area contributed by atoms with Crippen LogP contribution in [0.5, 0.6) is 0 Å². The predicted octanol–water partition coefficient (Wildman–Crippen LogP) is 4.51. The number of rotatable bonds is 2. The van der Waals surface area contributed by atoms with E-state index in [9.17, 15) is 0 Å². The van der Waals surface area contributed by atoms with E-state index in [0.29, 0.717) is 0 Å². The first kappa shape index (κ1) is 29.6. The molecule has 0 aromatic heterocycles. The maximum Gasteiger partial charge on any atom is 0 e. The molecule has 11 heavy (non-hydrogen) atoms. The molecule has 0 aliphatic heterocycles. The molecule has 0 aliphatic carbocycles. The van der Waals surface area contributed by atoms with E-state index in [1.165, 1.54) is 12.8 Å². The van der Waals surface area contributed by atoms with Crippen LogP contribution in [-0.4, -0.2) is 0 Å². The SMILES string of the molecule is C.C.[CH2-]CCC.[CH2-]CCC.[Y]. The van der Waals surface area contributed by atoms with E-state index in [1.54, 1.807) is 0 Å². The summed E-state index contributed by atoms with van der Waals surface area (Å²) in [5, 5.41) is 0. The minimum atomic E-state index is 0. The standard InChI is InChI=1S/2C4H9.2CH4.Y/c2*1-3-4-2;;;/h2*1,3-4H2,2H3;2*1H4;/q2*-1;;;.